The number of aryl methyl sites for hydroxylation is 1. The van der Waals surface area contributed by atoms with E-state index < -0.39 is 22.4 Å². The number of esters is 1. The number of carbonyl (C=O) groups excluding carboxylic acids is 2. The first-order valence-electron chi connectivity index (χ1n) is 11.2. The molecule has 0 amide bonds. The molecule has 4 rings (SSSR count). The second-order valence-electron chi connectivity index (χ2n) is 8.65. The summed E-state index contributed by atoms with van der Waals surface area (Å²) in [7, 11) is -3.05. The van der Waals surface area contributed by atoms with Gasteiger partial charge in [0, 0.05) is 29.6 Å². The van der Waals surface area contributed by atoms with Crippen molar-refractivity contribution in [3.8, 4) is 5.75 Å². The van der Waals surface area contributed by atoms with Crippen molar-refractivity contribution in [3.63, 3.8) is 0 Å². The van der Waals surface area contributed by atoms with E-state index >= 15 is 0 Å². The van der Waals surface area contributed by atoms with Crippen molar-refractivity contribution in [1.29, 1.82) is 0 Å². The summed E-state index contributed by atoms with van der Waals surface area (Å²) in [4.78, 5) is 25.5. The van der Waals surface area contributed by atoms with E-state index in [-0.39, 0.29) is 35.0 Å². The van der Waals surface area contributed by atoms with Gasteiger partial charge < -0.3 is 18.8 Å². The third-order valence-electron chi connectivity index (χ3n) is 6.25. The molecule has 33 heavy (non-hydrogen) atoms. The minimum absolute atomic E-state index is 0.0146. The van der Waals surface area contributed by atoms with Crippen LogP contribution in [0.5, 0.6) is 5.75 Å². The van der Waals surface area contributed by atoms with Crippen molar-refractivity contribution in [2.45, 2.75) is 45.3 Å². The number of ether oxygens (including phenoxy) is 3. The van der Waals surface area contributed by atoms with E-state index in [1.54, 1.807) is 37.3 Å². The second kappa shape index (κ2) is 9.69. The standard InChI is InChI=1S/C24H29NO7S/c1-16-12-21(17(2)25(16)18-9-11-33(28,29)15-18)22(26)14-32-24(27)20-7-3-4-8-23(20)31-13-19-6-5-10-30-19/h3-4,7-8,12,18-19H,5-6,9-11,13-15H2,1-2H3. The zero-order valence-corrected chi connectivity index (χ0v) is 19.7. The predicted octanol–water partition coefficient (Wildman–Crippen LogP) is 3.06. The molecule has 2 aromatic rings. The molecule has 2 aliphatic heterocycles. The van der Waals surface area contributed by atoms with Crippen LogP contribution < -0.4 is 4.74 Å². The van der Waals surface area contributed by atoms with Gasteiger partial charge in [0.2, 0.25) is 5.78 Å². The van der Waals surface area contributed by atoms with Crippen LogP contribution in [0.1, 0.15) is 57.4 Å². The van der Waals surface area contributed by atoms with Gasteiger partial charge in [-0.3, -0.25) is 4.79 Å². The number of sulfone groups is 1. The molecule has 2 unspecified atom stereocenters. The average Bonchev–Trinajstić information content (AvgIpc) is 3.50. The zero-order chi connectivity index (χ0) is 23.6. The highest BCUT2D eigenvalue weighted by Gasteiger charge is 2.32. The number of hydrogen-bond donors (Lipinski definition) is 0. The number of carbonyl (C=O) groups is 2. The quantitative estimate of drug-likeness (QED) is 0.427. The van der Waals surface area contributed by atoms with Crippen molar-refractivity contribution >= 4 is 21.6 Å². The molecule has 178 valence electrons. The maximum Gasteiger partial charge on any atom is 0.342 e. The number of rotatable bonds is 8. The van der Waals surface area contributed by atoms with Crippen LogP contribution in [-0.2, 0) is 19.3 Å². The molecule has 9 heteroatoms. The van der Waals surface area contributed by atoms with E-state index in [9.17, 15) is 18.0 Å². The summed E-state index contributed by atoms with van der Waals surface area (Å²) in [5.41, 5.74) is 2.20. The van der Waals surface area contributed by atoms with Crippen LogP contribution in [-0.4, -0.2) is 62.2 Å². The largest absolute Gasteiger partial charge is 0.490 e. The minimum Gasteiger partial charge on any atom is -0.490 e. The monoisotopic (exact) mass is 475 g/mol. The molecule has 2 fully saturated rings. The Kier molecular flexibility index (Phi) is 6.90. The molecule has 0 saturated carbocycles. The molecule has 2 aliphatic rings. The number of para-hydroxylation sites is 1. The number of Topliss-reactive ketones (excluding diaryl/α,β-unsaturated/α-hetero) is 1. The third-order valence-corrected chi connectivity index (χ3v) is 8.00. The SMILES string of the molecule is Cc1cc(C(=O)COC(=O)c2ccccc2OCC2CCCO2)c(C)n1C1CCS(=O)(=O)C1. The first-order chi connectivity index (χ1) is 15.7. The van der Waals surface area contributed by atoms with Gasteiger partial charge in [0.15, 0.2) is 16.4 Å². The molecular weight excluding hydrogens is 446 g/mol. The van der Waals surface area contributed by atoms with Gasteiger partial charge in [-0.25, -0.2) is 13.2 Å². The van der Waals surface area contributed by atoms with E-state index in [4.69, 9.17) is 14.2 Å². The summed E-state index contributed by atoms with van der Waals surface area (Å²) >= 11 is 0. The number of nitrogens with zero attached hydrogens (tertiary/aromatic N) is 1. The van der Waals surface area contributed by atoms with Gasteiger partial charge >= 0.3 is 5.97 Å². The fourth-order valence-corrected chi connectivity index (χ4v) is 6.31. The average molecular weight is 476 g/mol. The van der Waals surface area contributed by atoms with Crippen molar-refractivity contribution in [3.05, 3.63) is 52.8 Å². The van der Waals surface area contributed by atoms with Crippen molar-refractivity contribution < 1.29 is 32.2 Å². The summed E-state index contributed by atoms with van der Waals surface area (Å²) in [6.07, 6.45) is 2.47. The van der Waals surface area contributed by atoms with E-state index in [2.05, 4.69) is 0 Å². The molecular formula is C24H29NO7S. The Bertz CT molecular complexity index is 1150. The van der Waals surface area contributed by atoms with Crippen LogP contribution in [0.4, 0.5) is 0 Å². The Labute approximate surface area is 193 Å². The van der Waals surface area contributed by atoms with E-state index in [0.717, 1.165) is 25.1 Å². The molecule has 1 aromatic heterocycles. The van der Waals surface area contributed by atoms with Gasteiger partial charge in [0.1, 0.15) is 17.9 Å². The van der Waals surface area contributed by atoms with Gasteiger partial charge in [-0.2, -0.15) is 0 Å². The maximum absolute atomic E-state index is 12.8. The Balaban J connectivity index is 1.40. The molecule has 0 bridgehead atoms. The predicted molar refractivity (Wildman–Crippen MR) is 122 cm³/mol. The van der Waals surface area contributed by atoms with Gasteiger partial charge in [-0.1, -0.05) is 12.1 Å². The normalized spacial score (nSPS) is 21.8. The highest BCUT2D eigenvalue weighted by atomic mass is 32.2. The lowest BCUT2D eigenvalue weighted by Crippen LogP contribution is -2.19. The van der Waals surface area contributed by atoms with Crippen LogP contribution in [0.15, 0.2) is 30.3 Å². The van der Waals surface area contributed by atoms with Crippen molar-refractivity contribution in [1.82, 2.24) is 4.57 Å². The summed E-state index contributed by atoms with van der Waals surface area (Å²) in [6, 6.07) is 8.33. The summed E-state index contributed by atoms with van der Waals surface area (Å²) < 4.78 is 42.3. The number of ketones is 1. The van der Waals surface area contributed by atoms with Gasteiger partial charge in [-0.05, 0) is 51.3 Å². The summed E-state index contributed by atoms with van der Waals surface area (Å²) in [5, 5.41) is 0. The minimum atomic E-state index is -3.05. The Morgan fingerprint density at radius 1 is 1.15 bits per heavy atom. The molecule has 0 radical (unpaired) electrons. The van der Waals surface area contributed by atoms with Crippen LogP contribution in [0, 0.1) is 13.8 Å². The van der Waals surface area contributed by atoms with Crippen LogP contribution >= 0.6 is 0 Å². The Morgan fingerprint density at radius 3 is 2.64 bits per heavy atom. The van der Waals surface area contributed by atoms with Crippen LogP contribution in [0.25, 0.3) is 0 Å². The fourth-order valence-electron chi connectivity index (χ4n) is 4.61. The Morgan fingerprint density at radius 2 is 1.94 bits per heavy atom. The molecule has 0 spiro atoms. The number of aromatic nitrogens is 1. The summed E-state index contributed by atoms with van der Waals surface area (Å²) in [5.74, 6) is -0.340. The topological polar surface area (TPSA) is 101 Å². The fraction of sp³-hybridized carbons (Fsp3) is 0.500. The van der Waals surface area contributed by atoms with E-state index in [1.165, 1.54) is 0 Å². The van der Waals surface area contributed by atoms with Gasteiger partial charge in [0.05, 0.1) is 17.6 Å². The smallest absolute Gasteiger partial charge is 0.342 e. The van der Waals surface area contributed by atoms with Crippen molar-refractivity contribution in [2.24, 2.45) is 0 Å². The van der Waals surface area contributed by atoms with Crippen molar-refractivity contribution in [2.75, 3.05) is 31.3 Å². The van der Waals surface area contributed by atoms with Crippen LogP contribution in [0.3, 0.4) is 0 Å². The van der Waals surface area contributed by atoms with E-state index in [1.807, 2.05) is 11.5 Å². The molecule has 2 atom stereocenters. The first-order valence-corrected chi connectivity index (χ1v) is 13.0. The molecule has 2 saturated heterocycles. The lowest BCUT2D eigenvalue weighted by Gasteiger charge is -2.16. The highest BCUT2D eigenvalue weighted by molar-refractivity contribution is 7.91. The van der Waals surface area contributed by atoms with Crippen LogP contribution in [0.2, 0.25) is 0 Å². The molecule has 3 heterocycles. The zero-order valence-electron chi connectivity index (χ0n) is 18.9. The third kappa shape index (κ3) is 5.30. The van der Waals surface area contributed by atoms with E-state index in [0.29, 0.717) is 30.0 Å². The second-order valence-corrected chi connectivity index (χ2v) is 10.9. The lowest BCUT2D eigenvalue weighted by molar-refractivity contribution is 0.0459. The highest BCUT2D eigenvalue weighted by Crippen LogP contribution is 2.29. The molecule has 1 aromatic carbocycles. The molecule has 8 nitrogen and oxygen atoms in total. The number of hydrogen-bond acceptors (Lipinski definition) is 7. The molecule has 0 N–H and O–H groups in total. The lowest BCUT2D eigenvalue weighted by atomic mass is 10.1. The number of benzene rings is 1. The first kappa shape index (κ1) is 23.5. The van der Waals surface area contributed by atoms with Gasteiger partial charge in [-0.15, -0.1) is 0 Å². The Hall–Kier alpha value is -2.65. The summed E-state index contributed by atoms with van der Waals surface area (Å²) in [6.45, 7) is 4.30. The van der Waals surface area contributed by atoms with Gasteiger partial charge in [0.25, 0.3) is 0 Å². The maximum atomic E-state index is 12.8. The molecule has 0 aliphatic carbocycles.